The van der Waals surface area contributed by atoms with Crippen LogP contribution >= 0.6 is 0 Å². The van der Waals surface area contributed by atoms with Crippen LogP contribution in [0.5, 0.6) is 0 Å². The van der Waals surface area contributed by atoms with E-state index >= 15 is 0 Å². The van der Waals surface area contributed by atoms with Crippen molar-refractivity contribution in [3.8, 4) is 33.4 Å². The van der Waals surface area contributed by atoms with E-state index in [1.165, 1.54) is 21.5 Å². The summed E-state index contributed by atoms with van der Waals surface area (Å²) in [6.45, 7) is 0. The van der Waals surface area contributed by atoms with Crippen molar-refractivity contribution in [3.05, 3.63) is 212 Å². The standard InChI is InChI=1S/C56H35NO2/c1-2-9-38(10-3-1)48-14-8-15-50-52-35-41(24-32-55(52)59-56(48)50)37-21-27-44(28-22-37)57(45-29-30-47-42(33-45)18-17-39-11-4-5-12-46(39)47)43-25-19-36(20-26-43)40-23-31-54-51(34-40)49-13-6-7-16-53(49)58-54/h1-35H. The van der Waals surface area contributed by atoms with Crippen LogP contribution in [0.2, 0.25) is 0 Å². The number of hydrogen-bond acceptors (Lipinski definition) is 3. The molecule has 3 heteroatoms. The Morgan fingerprint density at radius 2 is 0.814 bits per heavy atom. The second-order valence-electron chi connectivity index (χ2n) is 15.3. The van der Waals surface area contributed by atoms with Gasteiger partial charge in [0.2, 0.25) is 0 Å². The molecule has 12 aromatic rings. The Balaban J connectivity index is 0.938. The third-order valence-corrected chi connectivity index (χ3v) is 11.9. The lowest BCUT2D eigenvalue weighted by atomic mass is 9.99. The predicted octanol–water partition coefficient (Wildman–Crippen LogP) is 16.3. The highest BCUT2D eigenvalue weighted by molar-refractivity contribution is 6.11. The van der Waals surface area contributed by atoms with Gasteiger partial charge in [-0.05, 0) is 116 Å². The lowest BCUT2D eigenvalue weighted by molar-refractivity contribution is 0.669. The number of rotatable bonds is 6. The molecule has 0 saturated heterocycles. The summed E-state index contributed by atoms with van der Waals surface area (Å²) in [7, 11) is 0. The number of benzene rings is 10. The van der Waals surface area contributed by atoms with Gasteiger partial charge in [-0.15, -0.1) is 0 Å². The van der Waals surface area contributed by atoms with Crippen LogP contribution in [0.15, 0.2) is 221 Å². The summed E-state index contributed by atoms with van der Waals surface area (Å²) in [5, 5.41) is 9.46. The molecule has 3 nitrogen and oxygen atoms in total. The van der Waals surface area contributed by atoms with Crippen LogP contribution in [-0.4, -0.2) is 0 Å². The zero-order chi connectivity index (χ0) is 38.9. The number of nitrogens with zero attached hydrogens (tertiary/aromatic N) is 1. The SMILES string of the molecule is c1ccc(-c2cccc3c2oc2ccc(-c4ccc(N(c5ccc(-c6ccc7oc8ccccc8c7c6)cc5)c5ccc6c(ccc7ccccc76)c5)cc4)cc23)cc1. The smallest absolute Gasteiger partial charge is 0.143 e. The predicted molar refractivity (Wildman–Crippen MR) is 247 cm³/mol. The van der Waals surface area contributed by atoms with Crippen molar-refractivity contribution >= 4 is 82.5 Å². The molecule has 0 fully saturated rings. The highest BCUT2D eigenvalue weighted by atomic mass is 16.3. The first-order valence-electron chi connectivity index (χ1n) is 20.1. The number of para-hydroxylation sites is 2. The highest BCUT2D eigenvalue weighted by Crippen LogP contribution is 2.41. The molecule has 0 aliphatic carbocycles. The molecule has 276 valence electrons. The van der Waals surface area contributed by atoms with E-state index in [1.54, 1.807) is 0 Å². The van der Waals surface area contributed by atoms with E-state index in [9.17, 15) is 0 Å². The maximum atomic E-state index is 6.49. The molecule has 2 aromatic heterocycles. The van der Waals surface area contributed by atoms with Crippen LogP contribution in [0.1, 0.15) is 0 Å². The van der Waals surface area contributed by atoms with Gasteiger partial charge in [-0.3, -0.25) is 0 Å². The number of furan rings is 2. The Hall–Kier alpha value is -7.88. The quantitative estimate of drug-likeness (QED) is 0.158. The number of anilines is 3. The summed E-state index contributed by atoms with van der Waals surface area (Å²) >= 11 is 0. The van der Waals surface area contributed by atoms with Gasteiger partial charge in [0.1, 0.15) is 22.3 Å². The first-order valence-corrected chi connectivity index (χ1v) is 20.1. The summed E-state index contributed by atoms with van der Waals surface area (Å²) in [5.41, 5.74) is 13.7. The Labute approximate surface area is 340 Å². The molecule has 2 heterocycles. The van der Waals surface area contributed by atoms with Crippen LogP contribution in [-0.2, 0) is 0 Å². The van der Waals surface area contributed by atoms with E-state index in [-0.39, 0.29) is 0 Å². The fourth-order valence-corrected chi connectivity index (χ4v) is 8.92. The first kappa shape index (κ1) is 33.3. The minimum Gasteiger partial charge on any atom is -0.456 e. The molecule has 0 amide bonds. The van der Waals surface area contributed by atoms with E-state index in [0.717, 1.165) is 94.3 Å². The number of hydrogen-bond donors (Lipinski definition) is 0. The molecule has 0 bridgehead atoms. The summed E-state index contributed by atoms with van der Waals surface area (Å²) in [6, 6.07) is 75.8. The topological polar surface area (TPSA) is 29.5 Å². The number of fused-ring (bicyclic) bond motifs is 9. The molecule has 0 aliphatic heterocycles. The Kier molecular flexibility index (Phi) is 7.54. The van der Waals surface area contributed by atoms with Gasteiger partial charge in [-0.2, -0.15) is 0 Å². The van der Waals surface area contributed by atoms with Gasteiger partial charge in [0.15, 0.2) is 0 Å². The Morgan fingerprint density at radius 3 is 1.56 bits per heavy atom. The third-order valence-electron chi connectivity index (χ3n) is 11.9. The minimum absolute atomic E-state index is 0.889. The van der Waals surface area contributed by atoms with Gasteiger partial charge >= 0.3 is 0 Å². The van der Waals surface area contributed by atoms with Crippen LogP contribution in [0.25, 0.3) is 98.8 Å². The molecule has 0 saturated carbocycles. The van der Waals surface area contributed by atoms with Crippen molar-refractivity contribution < 1.29 is 8.83 Å². The largest absolute Gasteiger partial charge is 0.456 e. The third kappa shape index (κ3) is 5.59. The fourth-order valence-electron chi connectivity index (χ4n) is 8.92. The van der Waals surface area contributed by atoms with Crippen molar-refractivity contribution in [1.82, 2.24) is 0 Å². The minimum atomic E-state index is 0.889. The molecule has 12 rings (SSSR count). The van der Waals surface area contributed by atoms with E-state index in [0.29, 0.717) is 0 Å². The molecule has 0 N–H and O–H groups in total. The van der Waals surface area contributed by atoms with Gasteiger partial charge in [0, 0.05) is 44.2 Å². The molecule has 0 atom stereocenters. The van der Waals surface area contributed by atoms with Gasteiger partial charge in [-0.25, -0.2) is 0 Å². The molecule has 10 aromatic carbocycles. The van der Waals surface area contributed by atoms with E-state index in [2.05, 4.69) is 199 Å². The zero-order valence-electron chi connectivity index (χ0n) is 32.0. The lowest BCUT2D eigenvalue weighted by Gasteiger charge is -2.26. The molecule has 0 spiro atoms. The maximum absolute atomic E-state index is 6.49. The van der Waals surface area contributed by atoms with Crippen molar-refractivity contribution in [2.24, 2.45) is 0 Å². The van der Waals surface area contributed by atoms with E-state index < -0.39 is 0 Å². The normalized spacial score (nSPS) is 11.7. The summed E-state index contributed by atoms with van der Waals surface area (Å²) in [6.07, 6.45) is 0. The molecular formula is C56H35NO2. The highest BCUT2D eigenvalue weighted by Gasteiger charge is 2.17. The fraction of sp³-hybridized carbons (Fsp3) is 0. The monoisotopic (exact) mass is 753 g/mol. The van der Waals surface area contributed by atoms with E-state index in [4.69, 9.17) is 8.83 Å². The van der Waals surface area contributed by atoms with Crippen LogP contribution in [0.3, 0.4) is 0 Å². The van der Waals surface area contributed by atoms with Crippen LogP contribution in [0, 0.1) is 0 Å². The summed E-state index contributed by atoms with van der Waals surface area (Å²) in [5.74, 6) is 0. The second kappa shape index (κ2) is 13.4. The van der Waals surface area contributed by atoms with Crippen molar-refractivity contribution in [3.63, 3.8) is 0 Å². The maximum Gasteiger partial charge on any atom is 0.143 e. The van der Waals surface area contributed by atoms with Crippen molar-refractivity contribution in [2.75, 3.05) is 4.90 Å². The van der Waals surface area contributed by atoms with Crippen LogP contribution < -0.4 is 4.90 Å². The molecule has 0 unspecified atom stereocenters. The molecule has 59 heavy (non-hydrogen) atoms. The van der Waals surface area contributed by atoms with Crippen LogP contribution in [0.4, 0.5) is 17.1 Å². The van der Waals surface area contributed by atoms with Crippen molar-refractivity contribution in [1.29, 1.82) is 0 Å². The lowest BCUT2D eigenvalue weighted by Crippen LogP contribution is -2.09. The second-order valence-corrected chi connectivity index (χ2v) is 15.3. The average Bonchev–Trinajstić information content (AvgIpc) is 3.88. The molecular weight excluding hydrogens is 719 g/mol. The van der Waals surface area contributed by atoms with E-state index in [1.807, 2.05) is 18.2 Å². The Bertz CT molecular complexity index is 3540. The van der Waals surface area contributed by atoms with Gasteiger partial charge in [0.05, 0.1) is 0 Å². The molecule has 0 radical (unpaired) electrons. The Morgan fingerprint density at radius 1 is 0.271 bits per heavy atom. The summed E-state index contributed by atoms with van der Waals surface area (Å²) < 4.78 is 12.6. The van der Waals surface area contributed by atoms with Gasteiger partial charge < -0.3 is 13.7 Å². The molecule has 0 aliphatic rings. The van der Waals surface area contributed by atoms with Gasteiger partial charge in [-0.1, -0.05) is 146 Å². The zero-order valence-corrected chi connectivity index (χ0v) is 32.0. The summed E-state index contributed by atoms with van der Waals surface area (Å²) in [4.78, 5) is 2.35. The first-order chi connectivity index (χ1) is 29.2. The average molecular weight is 754 g/mol. The van der Waals surface area contributed by atoms with Crippen molar-refractivity contribution in [2.45, 2.75) is 0 Å². The van der Waals surface area contributed by atoms with Gasteiger partial charge in [0.25, 0.3) is 0 Å².